The Balaban J connectivity index is 2.33. The van der Waals surface area contributed by atoms with E-state index >= 15 is 0 Å². The molecular weight excluding hydrogens is 212 g/mol. The number of hydrogen-bond donors (Lipinski definition) is 3. The van der Waals surface area contributed by atoms with Crippen molar-refractivity contribution in [2.75, 3.05) is 29.3 Å². The molecule has 0 saturated carbocycles. The van der Waals surface area contributed by atoms with Crippen LogP contribution in [0.3, 0.4) is 0 Å². The molecule has 0 bridgehead atoms. The van der Waals surface area contributed by atoms with E-state index in [1.807, 2.05) is 12.1 Å². The van der Waals surface area contributed by atoms with Crippen LogP contribution < -0.4 is 16.6 Å². The number of nitrogens with two attached hydrogens (primary N) is 1. The molecule has 1 unspecified atom stereocenters. The number of nitrogens with one attached hydrogen (secondary N) is 2. The summed E-state index contributed by atoms with van der Waals surface area (Å²) in [6, 6.07) is 5.51. The van der Waals surface area contributed by atoms with E-state index in [0.717, 1.165) is 18.8 Å². The summed E-state index contributed by atoms with van der Waals surface area (Å²) in [4.78, 5) is 4.18. The standard InChI is InChI=1S/C9H16N4OS/c1-15(14)7-3-6-11-8-4-2-5-9(12-8)13-10/h2,4-5H,3,6-7,10H2,1H3,(H2,11,12,13). The maximum atomic E-state index is 10.8. The van der Waals surface area contributed by atoms with E-state index in [0.29, 0.717) is 11.6 Å². The van der Waals surface area contributed by atoms with E-state index in [1.54, 1.807) is 12.3 Å². The van der Waals surface area contributed by atoms with Gasteiger partial charge in [0.05, 0.1) is 0 Å². The van der Waals surface area contributed by atoms with Gasteiger partial charge in [0.15, 0.2) is 0 Å². The zero-order chi connectivity index (χ0) is 11.1. The smallest absolute Gasteiger partial charge is 0.142 e. The molecular formula is C9H16N4OS. The molecule has 0 aliphatic carbocycles. The van der Waals surface area contributed by atoms with Crippen molar-refractivity contribution in [2.24, 2.45) is 5.84 Å². The molecule has 15 heavy (non-hydrogen) atoms. The number of aromatic nitrogens is 1. The van der Waals surface area contributed by atoms with Gasteiger partial charge in [-0.15, -0.1) is 0 Å². The van der Waals surface area contributed by atoms with Gasteiger partial charge in [0.25, 0.3) is 0 Å². The van der Waals surface area contributed by atoms with E-state index in [-0.39, 0.29) is 0 Å². The molecule has 0 aliphatic heterocycles. The van der Waals surface area contributed by atoms with Crippen molar-refractivity contribution in [3.8, 4) is 0 Å². The predicted molar refractivity (Wildman–Crippen MR) is 64.1 cm³/mol. The van der Waals surface area contributed by atoms with Crippen LogP contribution in [0.2, 0.25) is 0 Å². The molecule has 1 aromatic rings. The third-order valence-electron chi connectivity index (χ3n) is 1.81. The van der Waals surface area contributed by atoms with Crippen molar-refractivity contribution in [3.05, 3.63) is 18.2 Å². The average molecular weight is 228 g/mol. The summed E-state index contributed by atoms with van der Waals surface area (Å²) in [5, 5.41) is 3.13. The molecule has 1 heterocycles. The quantitative estimate of drug-likeness (QED) is 0.376. The van der Waals surface area contributed by atoms with Crippen LogP contribution in [0.4, 0.5) is 11.6 Å². The van der Waals surface area contributed by atoms with Crippen LogP contribution >= 0.6 is 0 Å². The van der Waals surface area contributed by atoms with Crippen molar-refractivity contribution >= 4 is 22.4 Å². The molecule has 0 spiro atoms. The minimum Gasteiger partial charge on any atom is -0.370 e. The van der Waals surface area contributed by atoms with Crippen LogP contribution in [-0.2, 0) is 10.8 Å². The zero-order valence-electron chi connectivity index (χ0n) is 8.69. The Labute approximate surface area is 91.9 Å². The van der Waals surface area contributed by atoms with E-state index in [1.165, 1.54) is 0 Å². The molecule has 1 atom stereocenters. The highest BCUT2D eigenvalue weighted by atomic mass is 32.2. The molecule has 5 nitrogen and oxygen atoms in total. The lowest BCUT2D eigenvalue weighted by Gasteiger charge is -2.06. The summed E-state index contributed by atoms with van der Waals surface area (Å²) in [6.45, 7) is 0.764. The Morgan fingerprint density at radius 1 is 1.47 bits per heavy atom. The number of hydrazine groups is 1. The van der Waals surface area contributed by atoms with Crippen molar-refractivity contribution in [1.29, 1.82) is 0 Å². The number of pyridine rings is 1. The lowest BCUT2D eigenvalue weighted by Crippen LogP contribution is -2.11. The van der Waals surface area contributed by atoms with Crippen molar-refractivity contribution in [2.45, 2.75) is 6.42 Å². The predicted octanol–water partition coefficient (Wildman–Crippen LogP) is 0.548. The van der Waals surface area contributed by atoms with Gasteiger partial charge in [0.1, 0.15) is 11.6 Å². The molecule has 0 aromatic carbocycles. The van der Waals surface area contributed by atoms with Crippen LogP contribution in [0, 0.1) is 0 Å². The molecule has 0 aliphatic rings. The van der Waals surface area contributed by atoms with Gasteiger partial charge in [0, 0.05) is 29.4 Å². The second-order valence-corrected chi connectivity index (χ2v) is 4.66. The molecule has 1 rings (SSSR count). The van der Waals surface area contributed by atoms with Crippen LogP contribution in [0.15, 0.2) is 18.2 Å². The number of anilines is 2. The fraction of sp³-hybridized carbons (Fsp3) is 0.444. The SMILES string of the molecule is CS(=O)CCCNc1cccc(NN)n1. The first-order valence-electron chi connectivity index (χ1n) is 4.70. The Hall–Kier alpha value is -1.14. The van der Waals surface area contributed by atoms with E-state index in [2.05, 4.69) is 15.7 Å². The molecule has 84 valence electrons. The largest absolute Gasteiger partial charge is 0.370 e. The van der Waals surface area contributed by atoms with Crippen molar-refractivity contribution in [1.82, 2.24) is 4.98 Å². The maximum Gasteiger partial charge on any atom is 0.142 e. The Morgan fingerprint density at radius 3 is 2.87 bits per heavy atom. The first kappa shape index (κ1) is 11.9. The summed E-state index contributed by atoms with van der Waals surface area (Å²) < 4.78 is 10.8. The molecule has 0 fully saturated rings. The maximum absolute atomic E-state index is 10.8. The van der Waals surface area contributed by atoms with Gasteiger partial charge in [0.2, 0.25) is 0 Å². The summed E-state index contributed by atoms with van der Waals surface area (Å²) in [5.41, 5.74) is 2.48. The Kier molecular flexibility index (Phi) is 5.06. The van der Waals surface area contributed by atoms with Crippen molar-refractivity contribution < 1.29 is 4.21 Å². The number of rotatable bonds is 6. The molecule has 0 saturated heterocycles. The minimum absolute atomic E-state index is 0.624. The molecule has 4 N–H and O–H groups in total. The monoisotopic (exact) mass is 228 g/mol. The van der Waals surface area contributed by atoms with Gasteiger partial charge in [-0.2, -0.15) is 0 Å². The summed E-state index contributed by atoms with van der Waals surface area (Å²) >= 11 is 0. The Bertz CT molecular complexity index is 332. The first-order chi connectivity index (χ1) is 7.22. The highest BCUT2D eigenvalue weighted by Gasteiger charge is 1.96. The number of nitrogens with zero attached hydrogens (tertiary/aromatic N) is 1. The van der Waals surface area contributed by atoms with Crippen LogP contribution in [0.5, 0.6) is 0 Å². The van der Waals surface area contributed by atoms with Gasteiger partial charge in [-0.25, -0.2) is 10.8 Å². The molecule has 6 heteroatoms. The molecule has 1 aromatic heterocycles. The van der Waals surface area contributed by atoms with E-state index < -0.39 is 10.8 Å². The van der Waals surface area contributed by atoms with E-state index in [9.17, 15) is 4.21 Å². The van der Waals surface area contributed by atoms with Gasteiger partial charge >= 0.3 is 0 Å². The van der Waals surface area contributed by atoms with E-state index in [4.69, 9.17) is 5.84 Å². The second kappa shape index (κ2) is 6.36. The normalized spacial score (nSPS) is 12.1. The second-order valence-electron chi connectivity index (χ2n) is 3.11. The fourth-order valence-electron chi connectivity index (χ4n) is 1.11. The van der Waals surface area contributed by atoms with Crippen molar-refractivity contribution in [3.63, 3.8) is 0 Å². The van der Waals surface area contributed by atoms with Gasteiger partial charge in [-0.05, 0) is 18.6 Å². The zero-order valence-corrected chi connectivity index (χ0v) is 9.51. The lowest BCUT2D eigenvalue weighted by atomic mass is 10.4. The summed E-state index contributed by atoms with van der Waals surface area (Å²) in [5.74, 6) is 7.34. The summed E-state index contributed by atoms with van der Waals surface area (Å²) in [7, 11) is -0.722. The number of nitrogen functional groups attached to an aromatic ring is 1. The van der Waals surface area contributed by atoms with Gasteiger partial charge in [-0.1, -0.05) is 6.07 Å². The highest BCUT2D eigenvalue weighted by Crippen LogP contribution is 2.07. The van der Waals surface area contributed by atoms with Gasteiger partial charge in [-0.3, -0.25) is 4.21 Å². The van der Waals surface area contributed by atoms with Crippen LogP contribution in [-0.4, -0.2) is 27.7 Å². The van der Waals surface area contributed by atoms with Crippen LogP contribution in [0.1, 0.15) is 6.42 Å². The van der Waals surface area contributed by atoms with Crippen LogP contribution in [0.25, 0.3) is 0 Å². The minimum atomic E-state index is -0.722. The topological polar surface area (TPSA) is 80.0 Å². The lowest BCUT2D eigenvalue weighted by molar-refractivity contribution is 0.685. The fourth-order valence-corrected chi connectivity index (χ4v) is 1.66. The first-order valence-corrected chi connectivity index (χ1v) is 6.42. The van der Waals surface area contributed by atoms with Gasteiger partial charge < -0.3 is 10.7 Å². The third kappa shape index (κ3) is 4.75. The third-order valence-corrected chi connectivity index (χ3v) is 2.68. The number of hydrogen-bond acceptors (Lipinski definition) is 5. The molecule has 0 radical (unpaired) electrons. The Morgan fingerprint density at radius 2 is 2.20 bits per heavy atom. The highest BCUT2D eigenvalue weighted by molar-refractivity contribution is 7.84. The average Bonchev–Trinajstić information content (AvgIpc) is 2.24. The summed E-state index contributed by atoms with van der Waals surface area (Å²) in [6.07, 6.45) is 2.57. The molecule has 0 amide bonds.